The zero-order valence-electron chi connectivity index (χ0n) is 11.9. The van der Waals surface area contributed by atoms with Crippen LogP contribution in [-0.4, -0.2) is 23.7 Å². The zero-order valence-corrected chi connectivity index (χ0v) is 12.6. The van der Waals surface area contributed by atoms with E-state index in [4.69, 9.17) is 16.7 Å². The van der Waals surface area contributed by atoms with Gasteiger partial charge in [-0.25, -0.2) is 0 Å². The highest BCUT2D eigenvalue weighted by Crippen LogP contribution is 2.41. The number of halogens is 1. The molecule has 0 aromatic heterocycles. The number of nitrogens with one attached hydrogen (secondary N) is 1. The van der Waals surface area contributed by atoms with Gasteiger partial charge in [0.15, 0.2) is 0 Å². The lowest BCUT2D eigenvalue weighted by Crippen LogP contribution is -2.46. The average Bonchev–Trinajstić information content (AvgIpc) is 2.90. The summed E-state index contributed by atoms with van der Waals surface area (Å²) in [4.78, 5) is 12.7. The van der Waals surface area contributed by atoms with Gasteiger partial charge < -0.3 is 10.4 Å². The van der Waals surface area contributed by atoms with Gasteiger partial charge >= 0.3 is 0 Å². The molecule has 1 fully saturated rings. The van der Waals surface area contributed by atoms with Crippen LogP contribution < -0.4 is 5.32 Å². The molecule has 1 amide bonds. The molecule has 0 aliphatic heterocycles. The molecule has 1 aliphatic rings. The minimum Gasteiger partial charge on any atom is -0.396 e. The Kier molecular flexibility index (Phi) is 5.06. The van der Waals surface area contributed by atoms with E-state index in [-0.39, 0.29) is 18.6 Å². The molecule has 0 spiro atoms. The highest BCUT2D eigenvalue weighted by molar-refractivity contribution is 6.30. The molecule has 0 radical (unpaired) electrons. The second-order valence-corrected chi connectivity index (χ2v) is 6.12. The van der Waals surface area contributed by atoms with Crippen LogP contribution in [0.4, 0.5) is 0 Å². The molecule has 4 heteroatoms. The summed E-state index contributed by atoms with van der Waals surface area (Å²) in [6, 6.07) is 7.62. The first-order chi connectivity index (χ1) is 9.58. The van der Waals surface area contributed by atoms with Gasteiger partial charge in [-0.05, 0) is 43.9 Å². The van der Waals surface area contributed by atoms with Crippen LogP contribution in [0.5, 0.6) is 0 Å². The quantitative estimate of drug-likeness (QED) is 0.877. The number of rotatable bonds is 5. The number of carbonyl (C=O) groups excluding carboxylic acids is 1. The number of aliphatic hydroxyl groups excluding tert-OH is 1. The van der Waals surface area contributed by atoms with E-state index in [0.717, 1.165) is 31.2 Å². The summed E-state index contributed by atoms with van der Waals surface area (Å²) in [6.07, 6.45) is 4.50. The zero-order chi connectivity index (χ0) is 14.6. The van der Waals surface area contributed by atoms with Crippen molar-refractivity contribution in [2.45, 2.75) is 50.5 Å². The Labute approximate surface area is 125 Å². The molecule has 1 atom stereocenters. The third-order valence-electron chi connectivity index (χ3n) is 4.23. The maximum absolute atomic E-state index is 12.7. The molecule has 110 valence electrons. The molecule has 0 bridgehead atoms. The fraction of sp³-hybridized carbons (Fsp3) is 0.562. The Morgan fingerprint density at radius 3 is 2.50 bits per heavy atom. The SMILES string of the molecule is C[C@H](CCO)NC(=O)C1(c2ccc(Cl)cc2)CCCC1. The highest BCUT2D eigenvalue weighted by atomic mass is 35.5. The van der Waals surface area contributed by atoms with E-state index >= 15 is 0 Å². The lowest BCUT2D eigenvalue weighted by molar-refractivity contribution is -0.127. The minimum atomic E-state index is -0.422. The first-order valence-corrected chi connectivity index (χ1v) is 7.64. The van der Waals surface area contributed by atoms with Gasteiger partial charge in [-0.1, -0.05) is 36.6 Å². The van der Waals surface area contributed by atoms with Crippen molar-refractivity contribution in [1.29, 1.82) is 0 Å². The lowest BCUT2D eigenvalue weighted by Gasteiger charge is -2.30. The molecule has 1 aromatic carbocycles. The van der Waals surface area contributed by atoms with Crippen molar-refractivity contribution in [2.24, 2.45) is 0 Å². The molecule has 1 aromatic rings. The normalized spacial score (nSPS) is 18.8. The smallest absolute Gasteiger partial charge is 0.230 e. The summed E-state index contributed by atoms with van der Waals surface area (Å²) in [5.74, 6) is 0.0817. The van der Waals surface area contributed by atoms with Crippen LogP contribution in [0.2, 0.25) is 5.02 Å². The lowest BCUT2D eigenvalue weighted by atomic mass is 9.78. The van der Waals surface area contributed by atoms with Gasteiger partial charge in [-0.15, -0.1) is 0 Å². The van der Waals surface area contributed by atoms with Crippen molar-refractivity contribution >= 4 is 17.5 Å². The van der Waals surface area contributed by atoms with E-state index in [1.165, 1.54) is 0 Å². The van der Waals surface area contributed by atoms with E-state index in [2.05, 4.69) is 5.32 Å². The van der Waals surface area contributed by atoms with Gasteiger partial charge in [0, 0.05) is 17.7 Å². The van der Waals surface area contributed by atoms with E-state index in [1.54, 1.807) is 0 Å². The van der Waals surface area contributed by atoms with Crippen molar-refractivity contribution in [3.05, 3.63) is 34.9 Å². The van der Waals surface area contributed by atoms with Crippen LogP contribution in [0.3, 0.4) is 0 Å². The fourth-order valence-electron chi connectivity index (χ4n) is 3.02. The Morgan fingerprint density at radius 2 is 1.95 bits per heavy atom. The second-order valence-electron chi connectivity index (χ2n) is 5.68. The van der Waals surface area contributed by atoms with Gasteiger partial charge in [0.05, 0.1) is 5.41 Å². The van der Waals surface area contributed by atoms with Crippen molar-refractivity contribution < 1.29 is 9.90 Å². The molecule has 0 saturated heterocycles. The third kappa shape index (κ3) is 3.15. The summed E-state index contributed by atoms with van der Waals surface area (Å²) in [5, 5.41) is 12.7. The molecule has 20 heavy (non-hydrogen) atoms. The summed E-state index contributed by atoms with van der Waals surface area (Å²) >= 11 is 5.94. The molecule has 1 aliphatic carbocycles. The van der Waals surface area contributed by atoms with Crippen molar-refractivity contribution in [3.63, 3.8) is 0 Å². The summed E-state index contributed by atoms with van der Waals surface area (Å²) in [5.41, 5.74) is 0.627. The van der Waals surface area contributed by atoms with Gasteiger partial charge in [0.25, 0.3) is 0 Å². The number of amides is 1. The van der Waals surface area contributed by atoms with Crippen LogP contribution in [0.25, 0.3) is 0 Å². The van der Waals surface area contributed by atoms with Crippen LogP contribution >= 0.6 is 11.6 Å². The Hall–Kier alpha value is -1.06. The minimum absolute atomic E-state index is 0.00252. The van der Waals surface area contributed by atoms with E-state index in [0.29, 0.717) is 11.4 Å². The number of hydrogen-bond donors (Lipinski definition) is 2. The first-order valence-electron chi connectivity index (χ1n) is 7.26. The van der Waals surface area contributed by atoms with Crippen molar-refractivity contribution in [2.75, 3.05) is 6.61 Å². The summed E-state index contributed by atoms with van der Waals surface area (Å²) in [7, 11) is 0. The molecular formula is C16H22ClNO2. The molecule has 2 rings (SSSR count). The number of aliphatic hydroxyl groups is 1. The fourth-order valence-corrected chi connectivity index (χ4v) is 3.15. The predicted octanol–water partition coefficient (Wildman–Crippen LogP) is 3.04. The van der Waals surface area contributed by atoms with Crippen LogP contribution in [0.15, 0.2) is 24.3 Å². The number of benzene rings is 1. The van der Waals surface area contributed by atoms with Gasteiger partial charge in [0.2, 0.25) is 5.91 Å². The number of hydrogen-bond acceptors (Lipinski definition) is 2. The molecular weight excluding hydrogens is 274 g/mol. The third-order valence-corrected chi connectivity index (χ3v) is 4.48. The van der Waals surface area contributed by atoms with Crippen LogP contribution in [0, 0.1) is 0 Å². The van der Waals surface area contributed by atoms with Gasteiger partial charge in [0.1, 0.15) is 0 Å². The standard InChI is InChI=1S/C16H22ClNO2/c1-12(8-11-19)18-15(20)16(9-2-3-10-16)13-4-6-14(17)7-5-13/h4-7,12,19H,2-3,8-11H2,1H3,(H,18,20)/t12-/m1/s1. The molecule has 3 nitrogen and oxygen atoms in total. The second kappa shape index (κ2) is 6.59. The maximum Gasteiger partial charge on any atom is 0.230 e. The molecule has 0 heterocycles. The summed E-state index contributed by atoms with van der Waals surface area (Å²) in [6.45, 7) is 2.02. The highest BCUT2D eigenvalue weighted by Gasteiger charge is 2.42. The summed E-state index contributed by atoms with van der Waals surface area (Å²) < 4.78 is 0. The predicted molar refractivity (Wildman–Crippen MR) is 80.9 cm³/mol. The maximum atomic E-state index is 12.7. The van der Waals surface area contributed by atoms with E-state index in [9.17, 15) is 4.79 Å². The van der Waals surface area contributed by atoms with Crippen molar-refractivity contribution in [1.82, 2.24) is 5.32 Å². The van der Waals surface area contributed by atoms with E-state index < -0.39 is 5.41 Å². The largest absolute Gasteiger partial charge is 0.396 e. The topological polar surface area (TPSA) is 49.3 Å². The van der Waals surface area contributed by atoms with Gasteiger partial charge in [-0.3, -0.25) is 4.79 Å². The van der Waals surface area contributed by atoms with Gasteiger partial charge in [-0.2, -0.15) is 0 Å². The molecule has 2 N–H and O–H groups in total. The Balaban J connectivity index is 2.21. The molecule has 1 saturated carbocycles. The molecule has 0 unspecified atom stereocenters. The van der Waals surface area contributed by atoms with Crippen LogP contribution in [0.1, 0.15) is 44.6 Å². The van der Waals surface area contributed by atoms with E-state index in [1.807, 2.05) is 31.2 Å². The average molecular weight is 296 g/mol. The van der Waals surface area contributed by atoms with Crippen LogP contribution in [-0.2, 0) is 10.2 Å². The number of carbonyl (C=O) groups is 1. The first kappa shape index (κ1) is 15.3. The Bertz CT molecular complexity index is 452. The monoisotopic (exact) mass is 295 g/mol. The van der Waals surface area contributed by atoms with Crippen molar-refractivity contribution in [3.8, 4) is 0 Å². The Morgan fingerprint density at radius 1 is 1.35 bits per heavy atom.